The topological polar surface area (TPSA) is 66.9 Å². The summed E-state index contributed by atoms with van der Waals surface area (Å²) in [6.07, 6.45) is 3.95. The lowest BCUT2D eigenvalue weighted by Gasteiger charge is -2.06. The van der Waals surface area contributed by atoms with Gasteiger partial charge in [-0.15, -0.1) is 0 Å². The first-order valence-corrected chi connectivity index (χ1v) is 6.63. The molecule has 0 unspecified atom stereocenters. The highest BCUT2D eigenvalue weighted by Gasteiger charge is 2.06. The van der Waals surface area contributed by atoms with Crippen molar-refractivity contribution in [2.24, 2.45) is 0 Å². The number of nitrogens with one attached hydrogen (secondary N) is 2. The number of hydrogen-bond acceptors (Lipinski definition) is 4. The SMILES string of the molecule is CCCNC(=O)c1cnc(Nc2cccc(C)c2)nc1. The summed E-state index contributed by atoms with van der Waals surface area (Å²) >= 11 is 0. The second kappa shape index (κ2) is 6.65. The Morgan fingerprint density at radius 2 is 2.00 bits per heavy atom. The molecule has 0 radical (unpaired) electrons. The Bertz CT molecular complexity index is 581. The maximum Gasteiger partial charge on any atom is 0.254 e. The van der Waals surface area contributed by atoms with Crippen molar-refractivity contribution in [3.63, 3.8) is 0 Å². The van der Waals surface area contributed by atoms with Gasteiger partial charge >= 0.3 is 0 Å². The largest absolute Gasteiger partial charge is 0.352 e. The lowest BCUT2D eigenvalue weighted by Crippen LogP contribution is -2.24. The third-order valence-electron chi connectivity index (χ3n) is 2.72. The molecule has 1 amide bonds. The van der Waals surface area contributed by atoms with Gasteiger partial charge in [0.25, 0.3) is 5.91 Å². The molecule has 0 aliphatic rings. The van der Waals surface area contributed by atoms with E-state index in [0.717, 1.165) is 17.7 Å². The molecule has 0 fully saturated rings. The van der Waals surface area contributed by atoms with Crippen LogP contribution in [-0.2, 0) is 0 Å². The number of carbonyl (C=O) groups is 1. The molecule has 2 aromatic rings. The highest BCUT2D eigenvalue weighted by molar-refractivity contribution is 5.93. The van der Waals surface area contributed by atoms with Gasteiger partial charge in [-0.05, 0) is 31.0 Å². The predicted octanol–water partition coefficient (Wildman–Crippen LogP) is 2.67. The predicted molar refractivity (Wildman–Crippen MR) is 79.1 cm³/mol. The normalized spacial score (nSPS) is 10.1. The van der Waals surface area contributed by atoms with Crippen molar-refractivity contribution in [1.29, 1.82) is 0 Å². The van der Waals surface area contributed by atoms with Crippen LogP contribution in [0.3, 0.4) is 0 Å². The van der Waals surface area contributed by atoms with Gasteiger partial charge in [0.05, 0.1) is 5.56 Å². The Morgan fingerprint density at radius 1 is 1.25 bits per heavy atom. The molecule has 0 atom stereocenters. The van der Waals surface area contributed by atoms with Crippen LogP contribution in [0.15, 0.2) is 36.7 Å². The van der Waals surface area contributed by atoms with E-state index in [2.05, 4.69) is 20.6 Å². The zero-order valence-corrected chi connectivity index (χ0v) is 11.7. The maximum atomic E-state index is 11.7. The zero-order valence-electron chi connectivity index (χ0n) is 11.7. The van der Waals surface area contributed by atoms with Gasteiger partial charge in [-0.2, -0.15) is 0 Å². The fourth-order valence-electron chi connectivity index (χ4n) is 1.70. The van der Waals surface area contributed by atoms with Crippen LogP contribution >= 0.6 is 0 Å². The summed E-state index contributed by atoms with van der Waals surface area (Å²) in [5.74, 6) is 0.330. The molecule has 20 heavy (non-hydrogen) atoms. The standard InChI is InChI=1S/C15H18N4O/c1-3-7-16-14(20)12-9-17-15(18-10-12)19-13-6-4-5-11(2)8-13/h4-6,8-10H,3,7H2,1-2H3,(H,16,20)(H,17,18,19). The number of nitrogens with zero attached hydrogens (tertiary/aromatic N) is 2. The van der Waals surface area contributed by atoms with Crippen molar-refractivity contribution < 1.29 is 4.79 Å². The summed E-state index contributed by atoms with van der Waals surface area (Å²) in [6, 6.07) is 7.93. The van der Waals surface area contributed by atoms with E-state index in [1.165, 1.54) is 12.4 Å². The second-order valence-electron chi connectivity index (χ2n) is 4.55. The van der Waals surface area contributed by atoms with Gasteiger partial charge in [0, 0.05) is 24.6 Å². The molecule has 104 valence electrons. The third-order valence-corrected chi connectivity index (χ3v) is 2.72. The number of hydrogen-bond donors (Lipinski definition) is 2. The summed E-state index contributed by atoms with van der Waals surface area (Å²) in [5, 5.41) is 5.89. The molecule has 0 saturated heterocycles. The average Bonchev–Trinajstić information content (AvgIpc) is 2.45. The van der Waals surface area contributed by atoms with Gasteiger partial charge in [-0.25, -0.2) is 9.97 Å². The van der Waals surface area contributed by atoms with Gasteiger partial charge in [0.15, 0.2) is 0 Å². The molecule has 5 nitrogen and oxygen atoms in total. The average molecular weight is 270 g/mol. The van der Waals surface area contributed by atoms with Gasteiger partial charge in [0.2, 0.25) is 5.95 Å². The van der Waals surface area contributed by atoms with Crippen LogP contribution in [-0.4, -0.2) is 22.4 Å². The van der Waals surface area contributed by atoms with Gasteiger partial charge in [-0.3, -0.25) is 4.79 Å². The summed E-state index contributed by atoms with van der Waals surface area (Å²) in [7, 11) is 0. The summed E-state index contributed by atoms with van der Waals surface area (Å²) < 4.78 is 0. The summed E-state index contributed by atoms with van der Waals surface area (Å²) in [6.45, 7) is 4.68. The van der Waals surface area contributed by atoms with Crippen LogP contribution < -0.4 is 10.6 Å². The molecule has 1 aromatic heterocycles. The fraction of sp³-hybridized carbons (Fsp3) is 0.267. The second-order valence-corrected chi connectivity index (χ2v) is 4.55. The molecule has 2 N–H and O–H groups in total. The number of anilines is 2. The van der Waals surface area contributed by atoms with Crippen LogP contribution in [0, 0.1) is 6.92 Å². The molecule has 0 spiro atoms. The highest BCUT2D eigenvalue weighted by atomic mass is 16.1. The Hall–Kier alpha value is -2.43. The molecule has 0 bridgehead atoms. The number of aromatic nitrogens is 2. The molecule has 0 saturated carbocycles. The Balaban J connectivity index is 2.03. The molecule has 2 rings (SSSR count). The van der Waals surface area contributed by atoms with E-state index in [-0.39, 0.29) is 5.91 Å². The van der Waals surface area contributed by atoms with Crippen molar-refractivity contribution in [3.8, 4) is 0 Å². The number of carbonyl (C=O) groups excluding carboxylic acids is 1. The van der Waals surface area contributed by atoms with Crippen LogP contribution in [0.2, 0.25) is 0 Å². The quantitative estimate of drug-likeness (QED) is 0.876. The molecular weight excluding hydrogens is 252 g/mol. The van der Waals surface area contributed by atoms with Crippen molar-refractivity contribution in [2.45, 2.75) is 20.3 Å². The minimum Gasteiger partial charge on any atom is -0.352 e. The maximum absolute atomic E-state index is 11.7. The number of rotatable bonds is 5. The van der Waals surface area contributed by atoms with Gasteiger partial charge in [0.1, 0.15) is 0 Å². The first-order chi connectivity index (χ1) is 9.69. The fourth-order valence-corrected chi connectivity index (χ4v) is 1.70. The van der Waals surface area contributed by atoms with E-state index in [4.69, 9.17) is 0 Å². The van der Waals surface area contributed by atoms with E-state index >= 15 is 0 Å². The van der Waals surface area contributed by atoms with Crippen molar-refractivity contribution in [3.05, 3.63) is 47.8 Å². The van der Waals surface area contributed by atoms with Crippen molar-refractivity contribution in [1.82, 2.24) is 15.3 Å². The number of benzene rings is 1. The lowest BCUT2D eigenvalue weighted by molar-refractivity contribution is 0.0953. The monoisotopic (exact) mass is 270 g/mol. The van der Waals surface area contributed by atoms with Crippen LogP contribution in [0.1, 0.15) is 29.3 Å². The van der Waals surface area contributed by atoms with E-state index in [1.54, 1.807) is 0 Å². The van der Waals surface area contributed by atoms with E-state index in [0.29, 0.717) is 18.1 Å². The number of amides is 1. The minimum atomic E-state index is -0.144. The van der Waals surface area contributed by atoms with Crippen LogP contribution in [0.25, 0.3) is 0 Å². The van der Waals surface area contributed by atoms with Crippen molar-refractivity contribution in [2.75, 3.05) is 11.9 Å². The summed E-state index contributed by atoms with van der Waals surface area (Å²) in [5.41, 5.74) is 2.55. The first kappa shape index (κ1) is 14.0. The Kier molecular flexibility index (Phi) is 4.65. The van der Waals surface area contributed by atoms with E-state index in [1.807, 2.05) is 38.1 Å². The number of aryl methyl sites for hydroxylation is 1. The molecule has 1 heterocycles. The molecule has 0 aliphatic carbocycles. The Morgan fingerprint density at radius 3 is 2.65 bits per heavy atom. The zero-order chi connectivity index (χ0) is 14.4. The third kappa shape index (κ3) is 3.78. The van der Waals surface area contributed by atoms with E-state index < -0.39 is 0 Å². The van der Waals surface area contributed by atoms with Crippen LogP contribution in [0.5, 0.6) is 0 Å². The molecule has 1 aromatic carbocycles. The smallest absolute Gasteiger partial charge is 0.254 e. The molecule has 0 aliphatic heterocycles. The van der Waals surface area contributed by atoms with Gasteiger partial charge in [-0.1, -0.05) is 19.1 Å². The van der Waals surface area contributed by atoms with Gasteiger partial charge < -0.3 is 10.6 Å². The molecular formula is C15H18N4O. The highest BCUT2D eigenvalue weighted by Crippen LogP contribution is 2.13. The van der Waals surface area contributed by atoms with Crippen LogP contribution in [0.4, 0.5) is 11.6 Å². The minimum absolute atomic E-state index is 0.144. The van der Waals surface area contributed by atoms with E-state index in [9.17, 15) is 4.79 Å². The summed E-state index contributed by atoms with van der Waals surface area (Å²) in [4.78, 5) is 20.0. The molecule has 5 heteroatoms. The van der Waals surface area contributed by atoms with Crippen molar-refractivity contribution >= 4 is 17.5 Å². The lowest BCUT2D eigenvalue weighted by atomic mass is 10.2. The Labute approximate surface area is 118 Å². The first-order valence-electron chi connectivity index (χ1n) is 6.63.